The van der Waals surface area contributed by atoms with E-state index in [2.05, 4.69) is 15.9 Å². The molecule has 0 N–H and O–H groups in total. The van der Waals surface area contributed by atoms with Crippen LogP contribution in [0.5, 0.6) is 11.5 Å². The van der Waals surface area contributed by atoms with E-state index in [4.69, 9.17) is 14.6 Å². The predicted octanol–water partition coefficient (Wildman–Crippen LogP) is 5.05. The maximum atomic E-state index is 13.0. The largest absolute Gasteiger partial charge is 0.454 e. The van der Waals surface area contributed by atoms with Gasteiger partial charge in [-0.1, -0.05) is 42.5 Å². The Labute approximate surface area is 175 Å². The minimum Gasteiger partial charge on any atom is -0.454 e. The lowest BCUT2D eigenvalue weighted by molar-refractivity contribution is 0.174. The summed E-state index contributed by atoms with van der Waals surface area (Å²) in [6.45, 7) is 0.242. The van der Waals surface area contributed by atoms with Crippen LogP contribution in [-0.2, 0) is 0 Å². The van der Waals surface area contributed by atoms with E-state index in [0.29, 0.717) is 15.7 Å². The van der Waals surface area contributed by atoms with Crippen molar-refractivity contribution < 1.29 is 9.47 Å². The first-order chi connectivity index (χ1) is 14.2. The molecule has 0 bridgehead atoms. The van der Waals surface area contributed by atoms with E-state index in [1.165, 1.54) is 0 Å². The number of aromatic nitrogens is 2. The Balaban J connectivity index is 1.68. The normalized spacial score (nSPS) is 12.7. The van der Waals surface area contributed by atoms with Crippen molar-refractivity contribution in [3.8, 4) is 17.2 Å². The van der Waals surface area contributed by atoms with Crippen LogP contribution in [0.1, 0.15) is 11.3 Å². The first-order valence-electron chi connectivity index (χ1n) is 9.05. The molecule has 29 heavy (non-hydrogen) atoms. The average Bonchev–Trinajstić information content (AvgIpc) is 3.33. The molecule has 0 saturated heterocycles. The van der Waals surface area contributed by atoms with Crippen molar-refractivity contribution in [1.82, 2.24) is 9.78 Å². The molecule has 0 saturated carbocycles. The van der Waals surface area contributed by atoms with Gasteiger partial charge in [0.25, 0.3) is 0 Å². The van der Waals surface area contributed by atoms with Crippen LogP contribution in [-0.4, -0.2) is 16.6 Å². The number of benzene rings is 2. The maximum Gasteiger partial charge on any atom is 0.231 e. The number of ether oxygens (including phenoxy) is 2. The zero-order valence-corrected chi connectivity index (χ0v) is 16.8. The molecule has 4 aromatic rings. The molecule has 0 spiro atoms. The van der Waals surface area contributed by atoms with Crippen LogP contribution in [0.4, 0.5) is 0 Å². The molecule has 0 fully saturated rings. The second-order valence-corrected chi connectivity index (χ2v) is 7.40. The summed E-state index contributed by atoms with van der Waals surface area (Å²) >= 11 is 3.37. The second kappa shape index (κ2) is 7.22. The lowest BCUT2D eigenvalue weighted by Crippen LogP contribution is -2.06. The molecular weight excluding hydrogens is 432 g/mol. The average molecular weight is 447 g/mol. The molecule has 0 atom stereocenters. The van der Waals surface area contributed by atoms with E-state index < -0.39 is 0 Å². The fourth-order valence-corrected chi connectivity index (χ4v) is 3.66. The quantitative estimate of drug-likeness (QED) is 0.441. The molecule has 1 aliphatic rings. The van der Waals surface area contributed by atoms with Crippen LogP contribution in [0.3, 0.4) is 0 Å². The van der Waals surface area contributed by atoms with Gasteiger partial charge < -0.3 is 9.47 Å². The summed E-state index contributed by atoms with van der Waals surface area (Å²) in [5.41, 5.74) is 2.92. The molecule has 3 aromatic carbocycles. The van der Waals surface area contributed by atoms with E-state index in [0.717, 1.165) is 28.1 Å². The van der Waals surface area contributed by atoms with Crippen molar-refractivity contribution in [2.45, 2.75) is 0 Å². The standard InChI is InChI=1S/C23H15BrN2O3/c24-18-8-4-7-17-19(11-9-15-10-12-20-21(13-15)29-14-28-20)25-26(22(17)23(18)27)16-5-2-1-3-6-16/h1-13H,14H2/b11-9+. The molecule has 5 nitrogen and oxygen atoms in total. The van der Waals surface area contributed by atoms with Gasteiger partial charge in [-0.25, -0.2) is 4.68 Å². The van der Waals surface area contributed by atoms with E-state index in [-0.39, 0.29) is 12.2 Å². The molecule has 0 unspecified atom stereocenters. The highest BCUT2D eigenvalue weighted by atomic mass is 79.9. The first kappa shape index (κ1) is 17.7. The van der Waals surface area contributed by atoms with Gasteiger partial charge in [0.05, 0.1) is 15.9 Å². The minimum atomic E-state index is -0.107. The maximum absolute atomic E-state index is 13.0. The van der Waals surface area contributed by atoms with Gasteiger partial charge in [0.15, 0.2) is 11.5 Å². The number of hydrogen-bond donors (Lipinski definition) is 0. The minimum absolute atomic E-state index is 0.107. The Kier molecular flexibility index (Phi) is 4.41. The van der Waals surface area contributed by atoms with E-state index in [1.54, 1.807) is 10.7 Å². The van der Waals surface area contributed by atoms with Crippen LogP contribution in [0.2, 0.25) is 0 Å². The van der Waals surface area contributed by atoms with Gasteiger partial charge in [-0.2, -0.15) is 5.10 Å². The zero-order chi connectivity index (χ0) is 19.8. The number of nitrogens with zero attached hydrogens (tertiary/aromatic N) is 2. The number of rotatable bonds is 3. The lowest BCUT2D eigenvalue weighted by Gasteiger charge is -2.01. The SMILES string of the molecule is O=c1c(Br)cccc2c(/C=C/c3ccc4c(c3)OCO4)nn(-c3ccccc3)c12. The number of fused-ring (bicyclic) bond motifs is 2. The van der Waals surface area contributed by atoms with Gasteiger partial charge in [-0.15, -0.1) is 0 Å². The van der Waals surface area contributed by atoms with Gasteiger partial charge in [0.1, 0.15) is 5.52 Å². The summed E-state index contributed by atoms with van der Waals surface area (Å²) < 4.78 is 13.0. The van der Waals surface area contributed by atoms with Gasteiger partial charge in [-0.3, -0.25) is 4.79 Å². The third kappa shape index (κ3) is 3.21. The molecule has 0 amide bonds. The zero-order valence-electron chi connectivity index (χ0n) is 15.2. The first-order valence-corrected chi connectivity index (χ1v) is 9.85. The molecular formula is C23H15BrN2O3. The van der Waals surface area contributed by atoms with Crippen LogP contribution < -0.4 is 14.9 Å². The highest BCUT2D eigenvalue weighted by Crippen LogP contribution is 2.33. The molecule has 142 valence electrons. The van der Waals surface area contributed by atoms with E-state index in [1.807, 2.05) is 72.8 Å². The van der Waals surface area contributed by atoms with Crippen molar-refractivity contribution in [3.05, 3.63) is 92.7 Å². The summed E-state index contributed by atoms with van der Waals surface area (Å²) in [6.07, 6.45) is 3.86. The summed E-state index contributed by atoms with van der Waals surface area (Å²) in [7, 11) is 0. The Morgan fingerprint density at radius 1 is 0.931 bits per heavy atom. The Morgan fingerprint density at radius 3 is 2.62 bits per heavy atom. The third-order valence-electron chi connectivity index (χ3n) is 4.72. The molecule has 1 aromatic heterocycles. The third-order valence-corrected chi connectivity index (χ3v) is 5.34. The topological polar surface area (TPSA) is 53.4 Å². The summed E-state index contributed by atoms with van der Waals surface area (Å²) in [5.74, 6) is 1.47. The second-order valence-electron chi connectivity index (χ2n) is 6.54. The van der Waals surface area contributed by atoms with Crippen molar-refractivity contribution in [3.63, 3.8) is 0 Å². The fourth-order valence-electron chi connectivity index (χ4n) is 3.32. The fraction of sp³-hybridized carbons (Fsp3) is 0.0435. The number of hydrogen-bond acceptors (Lipinski definition) is 4. The van der Waals surface area contributed by atoms with Crippen LogP contribution in [0.15, 0.2) is 76.0 Å². The number of para-hydroxylation sites is 1. The van der Waals surface area contributed by atoms with Crippen molar-refractivity contribution >= 4 is 39.0 Å². The Hall–Kier alpha value is -3.38. The van der Waals surface area contributed by atoms with Crippen LogP contribution >= 0.6 is 15.9 Å². The van der Waals surface area contributed by atoms with Gasteiger partial charge >= 0.3 is 0 Å². The monoisotopic (exact) mass is 446 g/mol. The molecule has 0 radical (unpaired) electrons. The molecule has 0 aliphatic carbocycles. The smallest absolute Gasteiger partial charge is 0.231 e. The lowest BCUT2D eigenvalue weighted by atomic mass is 10.1. The Morgan fingerprint density at radius 2 is 1.76 bits per heavy atom. The van der Waals surface area contributed by atoms with Crippen molar-refractivity contribution in [2.24, 2.45) is 0 Å². The van der Waals surface area contributed by atoms with Gasteiger partial charge in [-0.05, 0) is 57.9 Å². The predicted molar refractivity (Wildman–Crippen MR) is 117 cm³/mol. The Bertz CT molecular complexity index is 1310. The molecule has 1 aliphatic heterocycles. The van der Waals surface area contributed by atoms with Crippen LogP contribution in [0, 0.1) is 0 Å². The molecule has 5 rings (SSSR count). The summed E-state index contributed by atoms with van der Waals surface area (Å²) in [6, 6.07) is 20.9. The van der Waals surface area contributed by atoms with E-state index in [9.17, 15) is 4.79 Å². The summed E-state index contributed by atoms with van der Waals surface area (Å²) in [5, 5.41) is 5.51. The van der Waals surface area contributed by atoms with E-state index >= 15 is 0 Å². The number of halogens is 1. The molecule has 2 heterocycles. The molecule has 6 heteroatoms. The highest BCUT2D eigenvalue weighted by molar-refractivity contribution is 9.10. The van der Waals surface area contributed by atoms with Crippen LogP contribution in [0.25, 0.3) is 28.7 Å². The van der Waals surface area contributed by atoms with Crippen molar-refractivity contribution in [1.29, 1.82) is 0 Å². The highest BCUT2D eigenvalue weighted by Gasteiger charge is 2.15. The summed E-state index contributed by atoms with van der Waals surface area (Å²) in [4.78, 5) is 13.0. The van der Waals surface area contributed by atoms with Crippen molar-refractivity contribution in [2.75, 3.05) is 6.79 Å². The van der Waals surface area contributed by atoms with Gasteiger partial charge in [0, 0.05) is 5.39 Å². The van der Waals surface area contributed by atoms with Gasteiger partial charge in [0.2, 0.25) is 12.2 Å².